The van der Waals surface area contributed by atoms with Crippen molar-refractivity contribution in [2.75, 3.05) is 13.2 Å². The highest BCUT2D eigenvalue weighted by atomic mass is 19.4. The predicted molar refractivity (Wildman–Crippen MR) is 96.2 cm³/mol. The summed E-state index contributed by atoms with van der Waals surface area (Å²) < 4.78 is 50.1. The molecule has 1 aliphatic rings. The molecule has 1 saturated heterocycles. The highest BCUT2D eigenvalue weighted by Gasteiger charge is 2.31. The molecular formula is C20H28F3NO3. The SMILES string of the molecule is CCCC(NC(=O)C(C)OCC1CCCCO1)c1cccc(C(F)(F)F)c1. The van der Waals surface area contributed by atoms with Crippen molar-refractivity contribution in [3.8, 4) is 0 Å². The number of rotatable bonds is 8. The predicted octanol–water partition coefficient (Wildman–Crippen LogP) is 4.64. The lowest BCUT2D eigenvalue weighted by Gasteiger charge is -2.25. The van der Waals surface area contributed by atoms with Gasteiger partial charge in [-0.25, -0.2) is 0 Å². The van der Waals surface area contributed by atoms with E-state index in [0.29, 0.717) is 25.2 Å². The molecule has 3 atom stereocenters. The molecule has 1 aliphatic heterocycles. The lowest BCUT2D eigenvalue weighted by molar-refractivity contribution is -0.137. The molecule has 0 radical (unpaired) electrons. The molecule has 1 fully saturated rings. The summed E-state index contributed by atoms with van der Waals surface area (Å²) in [4.78, 5) is 12.5. The van der Waals surface area contributed by atoms with Gasteiger partial charge in [0.05, 0.1) is 24.3 Å². The van der Waals surface area contributed by atoms with Gasteiger partial charge >= 0.3 is 6.18 Å². The Bertz CT molecular complexity index is 600. The van der Waals surface area contributed by atoms with E-state index < -0.39 is 23.9 Å². The fourth-order valence-corrected chi connectivity index (χ4v) is 3.10. The van der Waals surface area contributed by atoms with Crippen molar-refractivity contribution in [2.45, 2.75) is 70.4 Å². The Hall–Kier alpha value is -1.60. The van der Waals surface area contributed by atoms with Crippen LogP contribution in [0.1, 0.15) is 63.1 Å². The summed E-state index contributed by atoms with van der Waals surface area (Å²) in [6.07, 6.45) is -0.780. The first-order chi connectivity index (χ1) is 12.8. The summed E-state index contributed by atoms with van der Waals surface area (Å²) in [5, 5.41) is 2.83. The monoisotopic (exact) mass is 387 g/mol. The highest BCUT2D eigenvalue weighted by Crippen LogP contribution is 2.31. The van der Waals surface area contributed by atoms with E-state index in [1.54, 1.807) is 13.0 Å². The van der Waals surface area contributed by atoms with Gasteiger partial charge in [0, 0.05) is 6.61 Å². The lowest BCUT2D eigenvalue weighted by atomic mass is 9.99. The van der Waals surface area contributed by atoms with Crippen LogP contribution in [0.2, 0.25) is 0 Å². The second kappa shape index (κ2) is 10.1. The van der Waals surface area contributed by atoms with E-state index in [9.17, 15) is 18.0 Å². The third-order valence-corrected chi connectivity index (χ3v) is 4.69. The molecule has 27 heavy (non-hydrogen) atoms. The van der Waals surface area contributed by atoms with Gasteiger partial charge in [0.2, 0.25) is 5.91 Å². The maximum absolute atomic E-state index is 13.0. The summed E-state index contributed by atoms with van der Waals surface area (Å²) in [6.45, 7) is 4.62. The second-order valence-corrected chi connectivity index (χ2v) is 6.94. The number of carbonyl (C=O) groups is 1. The standard InChI is InChI=1S/C20H28F3NO3/c1-3-7-18(15-8-6-9-16(12-15)20(21,22)23)24-19(25)14(2)27-13-17-10-4-5-11-26-17/h6,8-9,12,14,17-18H,3-5,7,10-11,13H2,1-2H3,(H,24,25). The third kappa shape index (κ3) is 6.81. The van der Waals surface area contributed by atoms with Crippen molar-refractivity contribution >= 4 is 5.91 Å². The molecule has 1 heterocycles. The Morgan fingerprint density at radius 3 is 2.78 bits per heavy atom. The van der Waals surface area contributed by atoms with Gasteiger partial charge in [-0.1, -0.05) is 25.5 Å². The van der Waals surface area contributed by atoms with E-state index in [2.05, 4.69) is 5.32 Å². The van der Waals surface area contributed by atoms with Crippen LogP contribution >= 0.6 is 0 Å². The van der Waals surface area contributed by atoms with Gasteiger partial charge in [-0.3, -0.25) is 4.79 Å². The van der Waals surface area contributed by atoms with Crippen molar-refractivity contribution in [1.29, 1.82) is 0 Å². The number of carbonyl (C=O) groups excluding carboxylic acids is 1. The summed E-state index contributed by atoms with van der Waals surface area (Å²) >= 11 is 0. The Morgan fingerprint density at radius 1 is 1.37 bits per heavy atom. The number of alkyl halides is 3. The minimum absolute atomic E-state index is 0.00362. The maximum Gasteiger partial charge on any atom is 0.416 e. The van der Waals surface area contributed by atoms with Crippen LogP contribution in [0, 0.1) is 0 Å². The first-order valence-electron chi connectivity index (χ1n) is 9.52. The van der Waals surface area contributed by atoms with E-state index in [1.807, 2.05) is 6.92 Å². The molecule has 0 bridgehead atoms. The van der Waals surface area contributed by atoms with Crippen molar-refractivity contribution in [3.63, 3.8) is 0 Å². The quantitative estimate of drug-likeness (QED) is 0.707. The molecule has 3 unspecified atom stereocenters. The highest BCUT2D eigenvalue weighted by molar-refractivity contribution is 5.80. The Balaban J connectivity index is 1.96. The van der Waals surface area contributed by atoms with Crippen molar-refractivity contribution in [3.05, 3.63) is 35.4 Å². The lowest BCUT2D eigenvalue weighted by Crippen LogP contribution is -2.39. The number of hydrogen-bond acceptors (Lipinski definition) is 3. The molecule has 0 spiro atoms. The number of amides is 1. The van der Waals surface area contributed by atoms with Crippen LogP contribution in [0.4, 0.5) is 13.2 Å². The zero-order valence-electron chi connectivity index (χ0n) is 15.8. The first kappa shape index (κ1) is 21.7. The Morgan fingerprint density at radius 2 is 2.15 bits per heavy atom. The molecule has 0 aliphatic carbocycles. The molecule has 4 nitrogen and oxygen atoms in total. The van der Waals surface area contributed by atoms with Gasteiger partial charge in [0.1, 0.15) is 6.10 Å². The van der Waals surface area contributed by atoms with Gasteiger partial charge in [-0.15, -0.1) is 0 Å². The average Bonchev–Trinajstić information content (AvgIpc) is 2.66. The number of ether oxygens (including phenoxy) is 2. The number of halogens is 3. The second-order valence-electron chi connectivity index (χ2n) is 6.94. The largest absolute Gasteiger partial charge is 0.416 e. The van der Waals surface area contributed by atoms with Crippen LogP contribution in [0.3, 0.4) is 0 Å². The fourth-order valence-electron chi connectivity index (χ4n) is 3.10. The van der Waals surface area contributed by atoms with Gasteiger partial charge in [0.15, 0.2) is 0 Å². The zero-order valence-corrected chi connectivity index (χ0v) is 15.8. The van der Waals surface area contributed by atoms with Crippen LogP contribution < -0.4 is 5.32 Å². The van der Waals surface area contributed by atoms with Crippen molar-refractivity contribution in [1.82, 2.24) is 5.32 Å². The molecule has 7 heteroatoms. The maximum atomic E-state index is 13.0. The van der Waals surface area contributed by atoms with Crippen LogP contribution in [0.25, 0.3) is 0 Å². The van der Waals surface area contributed by atoms with E-state index in [0.717, 1.165) is 37.8 Å². The Labute approximate surface area is 158 Å². The van der Waals surface area contributed by atoms with Gasteiger partial charge in [-0.05, 0) is 50.3 Å². The summed E-state index contributed by atoms with van der Waals surface area (Å²) in [5.74, 6) is -0.332. The van der Waals surface area contributed by atoms with E-state index >= 15 is 0 Å². The molecule has 152 valence electrons. The summed E-state index contributed by atoms with van der Waals surface area (Å²) in [7, 11) is 0. The molecular weight excluding hydrogens is 359 g/mol. The molecule has 0 aromatic heterocycles. The third-order valence-electron chi connectivity index (χ3n) is 4.69. The fraction of sp³-hybridized carbons (Fsp3) is 0.650. The van der Waals surface area contributed by atoms with E-state index in [1.165, 1.54) is 6.07 Å². The van der Waals surface area contributed by atoms with Crippen LogP contribution in [0.5, 0.6) is 0 Å². The molecule has 0 saturated carbocycles. The summed E-state index contributed by atoms with van der Waals surface area (Å²) in [5.41, 5.74) is -0.267. The normalized spacial score (nSPS) is 20.1. The van der Waals surface area contributed by atoms with Crippen LogP contribution in [0.15, 0.2) is 24.3 Å². The Kier molecular flexibility index (Phi) is 8.10. The number of nitrogens with one attached hydrogen (secondary N) is 1. The number of benzene rings is 1. The minimum atomic E-state index is -4.41. The van der Waals surface area contributed by atoms with E-state index in [4.69, 9.17) is 9.47 Å². The van der Waals surface area contributed by atoms with Gasteiger partial charge in [0.25, 0.3) is 0 Å². The van der Waals surface area contributed by atoms with Crippen LogP contribution in [-0.4, -0.2) is 31.3 Å². The van der Waals surface area contributed by atoms with Crippen molar-refractivity contribution < 1.29 is 27.4 Å². The topological polar surface area (TPSA) is 47.6 Å². The smallest absolute Gasteiger partial charge is 0.376 e. The number of hydrogen-bond donors (Lipinski definition) is 1. The molecule has 1 amide bonds. The van der Waals surface area contributed by atoms with Crippen LogP contribution in [-0.2, 0) is 20.4 Å². The van der Waals surface area contributed by atoms with Gasteiger partial charge < -0.3 is 14.8 Å². The zero-order chi connectivity index (χ0) is 19.9. The first-order valence-corrected chi connectivity index (χ1v) is 9.52. The molecule has 2 rings (SSSR count). The molecule has 1 N–H and O–H groups in total. The van der Waals surface area contributed by atoms with E-state index in [-0.39, 0.29) is 12.0 Å². The average molecular weight is 387 g/mol. The van der Waals surface area contributed by atoms with Crippen molar-refractivity contribution in [2.24, 2.45) is 0 Å². The molecule has 1 aromatic carbocycles. The van der Waals surface area contributed by atoms with Gasteiger partial charge in [-0.2, -0.15) is 13.2 Å². The minimum Gasteiger partial charge on any atom is -0.376 e. The summed E-state index contributed by atoms with van der Waals surface area (Å²) in [6, 6.07) is 4.62. The molecule has 1 aromatic rings.